The van der Waals surface area contributed by atoms with Crippen molar-refractivity contribution >= 4 is 11.7 Å². The van der Waals surface area contributed by atoms with E-state index in [4.69, 9.17) is 0 Å². The molecule has 0 spiro atoms. The number of carbonyl (C=O) groups is 1. The zero-order valence-electron chi connectivity index (χ0n) is 16.3. The number of benzene rings is 1. The van der Waals surface area contributed by atoms with Crippen molar-refractivity contribution in [2.75, 3.05) is 18.0 Å². The lowest BCUT2D eigenvalue weighted by molar-refractivity contribution is -0.141. The van der Waals surface area contributed by atoms with Gasteiger partial charge in [0.15, 0.2) is 0 Å². The molecule has 1 aromatic heterocycles. The molecule has 5 nitrogen and oxygen atoms in total. The fraction of sp³-hybridized carbons (Fsp3) is 0.476. The Balaban J connectivity index is 1.47. The molecule has 0 saturated carbocycles. The fourth-order valence-electron chi connectivity index (χ4n) is 3.51. The molecular formula is C21H25F3N4O. The van der Waals surface area contributed by atoms with Crippen molar-refractivity contribution in [3.05, 3.63) is 54.0 Å². The highest BCUT2D eigenvalue weighted by molar-refractivity contribution is 5.79. The maximum absolute atomic E-state index is 12.8. The molecule has 1 fully saturated rings. The molecule has 1 aromatic carbocycles. The van der Waals surface area contributed by atoms with Gasteiger partial charge < -0.3 is 10.2 Å². The average Bonchev–Trinajstić information content (AvgIpc) is 2.72. The van der Waals surface area contributed by atoms with Crippen molar-refractivity contribution in [3.63, 3.8) is 0 Å². The van der Waals surface area contributed by atoms with E-state index in [9.17, 15) is 18.0 Å². The normalized spacial score (nSPS) is 16.5. The Morgan fingerprint density at radius 2 is 1.90 bits per heavy atom. The van der Waals surface area contributed by atoms with Gasteiger partial charge in [0, 0.05) is 31.1 Å². The molecular weight excluding hydrogens is 381 g/mol. The van der Waals surface area contributed by atoms with Crippen LogP contribution >= 0.6 is 0 Å². The van der Waals surface area contributed by atoms with E-state index in [0.29, 0.717) is 25.9 Å². The van der Waals surface area contributed by atoms with Gasteiger partial charge in [0.25, 0.3) is 0 Å². The highest BCUT2D eigenvalue weighted by Crippen LogP contribution is 2.30. The summed E-state index contributed by atoms with van der Waals surface area (Å²) in [5.74, 6) is 0.139. The van der Waals surface area contributed by atoms with Gasteiger partial charge in [-0.1, -0.05) is 30.3 Å². The summed E-state index contributed by atoms with van der Waals surface area (Å²) >= 11 is 0. The molecule has 1 aliphatic rings. The first kappa shape index (κ1) is 21.1. The average molecular weight is 406 g/mol. The minimum atomic E-state index is -4.49. The van der Waals surface area contributed by atoms with Gasteiger partial charge in [0.2, 0.25) is 5.91 Å². The molecule has 1 aliphatic heterocycles. The monoisotopic (exact) mass is 406 g/mol. The Morgan fingerprint density at radius 1 is 1.21 bits per heavy atom. The SMILES string of the molecule is C[C@H](CCc1ccccc1)NC(=O)C1CCN(c2cc(C(F)(F)F)ncn2)CC1. The number of hydrogen-bond acceptors (Lipinski definition) is 4. The second-order valence-corrected chi connectivity index (χ2v) is 7.45. The number of amides is 1. The van der Waals surface area contributed by atoms with Gasteiger partial charge in [-0.3, -0.25) is 4.79 Å². The summed E-state index contributed by atoms with van der Waals surface area (Å²) in [5, 5.41) is 3.07. The smallest absolute Gasteiger partial charge is 0.356 e. The number of nitrogens with one attached hydrogen (secondary N) is 1. The van der Waals surface area contributed by atoms with E-state index in [1.807, 2.05) is 25.1 Å². The second kappa shape index (κ2) is 9.24. The van der Waals surface area contributed by atoms with Crippen molar-refractivity contribution in [1.82, 2.24) is 15.3 Å². The predicted molar refractivity (Wildman–Crippen MR) is 104 cm³/mol. The molecule has 3 rings (SSSR count). The summed E-state index contributed by atoms with van der Waals surface area (Å²) < 4.78 is 38.5. The minimum absolute atomic E-state index is 0.0175. The van der Waals surface area contributed by atoms with Crippen molar-refractivity contribution in [1.29, 1.82) is 0 Å². The number of alkyl halides is 3. The standard InChI is InChI=1S/C21H25F3N4O/c1-15(7-8-16-5-3-2-4-6-16)27-20(29)17-9-11-28(12-10-17)19-13-18(21(22,23)24)25-14-26-19/h2-6,13-15,17H,7-12H2,1H3,(H,27,29)/t15-/m1/s1. The maximum atomic E-state index is 12.8. The molecule has 2 heterocycles. The quantitative estimate of drug-likeness (QED) is 0.792. The number of rotatable bonds is 6. The number of piperidine rings is 1. The largest absolute Gasteiger partial charge is 0.433 e. The van der Waals surface area contributed by atoms with Crippen LogP contribution in [0, 0.1) is 5.92 Å². The Kier molecular flexibility index (Phi) is 6.71. The molecule has 1 atom stereocenters. The maximum Gasteiger partial charge on any atom is 0.433 e. The van der Waals surface area contributed by atoms with E-state index in [1.165, 1.54) is 5.56 Å². The van der Waals surface area contributed by atoms with Crippen LogP contribution in [0.15, 0.2) is 42.7 Å². The van der Waals surface area contributed by atoms with E-state index >= 15 is 0 Å². The summed E-state index contributed by atoms with van der Waals surface area (Å²) in [4.78, 5) is 21.6. The van der Waals surface area contributed by atoms with E-state index in [-0.39, 0.29) is 23.7 Å². The van der Waals surface area contributed by atoms with Gasteiger partial charge in [-0.15, -0.1) is 0 Å². The number of hydrogen-bond donors (Lipinski definition) is 1. The molecule has 1 saturated heterocycles. The highest BCUT2D eigenvalue weighted by atomic mass is 19.4. The van der Waals surface area contributed by atoms with Crippen LogP contribution < -0.4 is 10.2 Å². The van der Waals surface area contributed by atoms with E-state index in [1.54, 1.807) is 4.90 Å². The Morgan fingerprint density at radius 3 is 2.55 bits per heavy atom. The molecule has 0 aliphatic carbocycles. The Bertz CT molecular complexity index is 805. The van der Waals surface area contributed by atoms with Crippen LogP contribution in [0.3, 0.4) is 0 Å². The molecule has 29 heavy (non-hydrogen) atoms. The lowest BCUT2D eigenvalue weighted by Gasteiger charge is -2.32. The van der Waals surface area contributed by atoms with E-state index < -0.39 is 11.9 Å². The Hall–Kier alpha value is -2.64. The summed E-state index contributed by atoms with van der Waals surface area (Å²) in [5.41, 5.74) is 0.291. The van der Waals surface area contributed by atoms with Gasteiger partial charge in [0.1, 0.15) is 17.8 Å². The van der Waals surface area contributed by atoms with Crippen molar-refractivity contribution in [2.24, 2.45) is 5.92 Å². The summed E-state index contributed by atoms with van der Waals surface area (Å²) in [7, 11) is 0. The van der Waals surface area contributed by atoms with Gasteiger partial charge in [-0.05, 0) is 38.2 Å². The number of nitrogens with zero attached hydrogens (tertiary/aromatic N) is 3. The zero-order valence-corrected chi connectivity index (χ0v) is 16.3. The third-order valence-corrected chi connectivity index (χ3v) is 5.23. The number of halogens is 3. The molecule has 0 radical (unpaired) electrons. The van der Waals surface area contributed by atoms with Crippen molar-refractivity contribution in [3.8, 4) is 0 Å². The number of aryl methyl sites for hydroxylation is 1. The van der Waals surface area contributed by atoms with E-state index in [2.05, 4.69) is 27.4 Å². The van der Waals surface area contributed by atoms with Crippen molar-refractivity contribution < 1.29 is 18.0 Å². The third-order valence-electron chi connectivity index (χ3n) is 5.23. The zero-order chi connectivity index (χ0) is 20.9. The van der Waals surface area contributed by atoms with Crippen LogP contribution in [-0.4, -0.2) is 35.0 Å². The first-order valence-electron chi connectivity index (χ1n) is 9.81. The lowest BCUT2D eigenvalue weighted by atomic mass is 9.95. The first-order chi connectivity index (χ1) is 13.8. The molecule has 0 unspecified atom stereocenters. The van der Waals surface area contributed by atoms with Gasteiger partial charge >= 0.3 is 6.18 Å². The molecule has 156 valence electrons. The van der Waals surface area contributed by atoms with Crippen LogP contribution in [0.1, 0.15) is 37.4 Å². The predicted octanol–water partition coefficient (Wildman–Crippen LogP) is 3.85. The highest BCUT2D eigenvalue weighted by Gasteiger charge is 2.34. The first-order valence-corrected chi connectivity index (χ1v) is 9.81. The Labute approximate surface area is 168 Å². The van der Waals surface area contributed by atoms with Crippen molar-refractivity contribution in [2.45, 2.75) is 44.8 Å². The number of anilines is 1. The summed E-state index contributed by atoms with van der Waals surface area (Å²) in [6, 6.07) is 11.2. The van der Waals surface area contributed by atoms with Crippen LogP contribution in [0.25, 0.3) is 0 Å². The van der Waals surface area contributed by atoms with Crippen LogP contribution in [0.2, 0.25) is 0 Å². The van der Waals surface area contributed by atoms with Crippen LogP contribution in [-0.2, 0) is 17.4 Å². The topological polar surface area (TPSA) is 58.1 Å². The molecule has 1 amide bonds. The summed E-state index contributed by atoms with van der Waals surface area (Å²) in [6.45, 7) is 2.98. The minimum Gasteiger partial charge on any atom is -0.356 e. The van der Waals surface area contributed by atoms with Gasteiger partial charge in [-0.2, -0.15) is 13.2 Å². The molecule has 2 aromatic rings. The number of carbonyl (C=O) groups excluding carboxylic acids is 1. The lowest BCUT2D eigenvalue weighted by Crippen LogP contribution is -2.43. The van der Waals surface area contributed by atoms with Gasteiger partial charge in [-0.25, -0.2) is 9.97 Å². The third kappa shape index (κ3) is 5.92. The second-order valence-electron chi connectivity index (χ2n) is 7.45. The fourth-order valence-corrected chi connectivity index (χ4v) is 3.51. The molecule has 0 bridgehead atoms. The number of aromatic nitrogens is 2. The molecule has 8 heteroatoms. The van der Waals surface area contributed by atoms with E-state index in [0.717, 1.165) is 25.2 Å². The molecule has 1 N–H and O–H groups in total. The van der Waals surface area contributed by atoms with Crippen LogP contribution in [0.4, 0.5) is 19.0 Å². The summed E-state index contributed by atoms with van der Waals surface area (Å²) in [6.07, 6.45) is -0.631. The van der Waals surface area contributed by atoms with Gasteiger partial charge in [0.05, 0.1) is 0 Å². The van der Waals surface area contributed by atoms with Crippen LogP contribution in [0.5, 0.6) is 0 Å².